The summed E-state index contributed by atoms with van der Waals surface area (Å²) in [6.45, 7) is 3.90. The molecule has 3 nitrogen and oxygen atoms in total. The summed E-state index contributed by atoms with van der Waals surface area (Å²) >= 11 is 1.33. The maximum Gasteiger partial charge on any atom is 0.416 e. The smallest absolute Gasteiger partial charge is 0.291 e. The summed E-state index contributed by atoms with van der Waals surface area (Å²) in [7, 11) is 1.63. The van der Waals surface area contributed by atoms with Gasteiger partial charge in [-0.3, -0.25) is 9.36 Å². The quantitative estimate of drug-likeness (QED) is 0.616. The van der Waals surface area contributed by atoms with Crippen LogP contribution in [0.25, 0.3) is 0 Å². The third-order valence-corrected chi connectivity index (χ3v) is 4.46. The maximum absolute atomic E-state index is 12.5. The molecule has 1 heterocycles. The van der Waals surface area contributed by atoms with Gasteiger partial charge in [0.25, 0.3) is 5.56 Å². The minimum Gasteiger partial charge on any atom is -0.291 e. The average Bonchev–Trinajstić information content (AvgIpc) is 2.48. The molecular formula is C16H17F3N2OS. The lowest BCUT2D eigenvalue weighted by molar-refractivity contribution is -0.137. The van der Waals surface area contributed by atoms with Crippen molar-refractivity contribution in [3.05, 3.63) is 57.5 Å². The zero-order chi connectivity index (χ0) is 17.2. The summed E-state index contributed by atoms with van der Waals surface area (Å²) in [5.41, 5.74) is 0.646. The summed E-state index contributed by atoms with van der Waals surface area (Å²) < 4.78 is 39.0. The van der Waals surface area contributed by atoms with E-state index in [1.54, 1.807) is 7.05 Å². The number of hydrogen-bond acceptors (Lipinski definition) is 3. The zero-order valence-electron chi connectivity index (χ0n) is 13.0. The van der Waals surface area contributed by atoms with Gasteiger partial charge in [-0.2, -0.15) is 13.2 Å². The fourth-order valence-corrected chi connectivity index (χ4v) is 2.84. The first kappa shape index (κ1) is 17.6. The Hall–Kier alpha value is -1.76. The van der Waals surface area contributed by atoms with Gasteiger partial charge in [-0.1, -0.05) is 37.7 Å². The topological polar surface area (TPSA) is 34.9 Å². The van der Waals surface area contributed by atoms with Crippen molar-refractivity contribution in [1.29, 1.82) is 0 Å². The molecule has 0 fully saturated rings. The van der Waals surface area contributed by atoms with Crippen molar-refractivity contribution in [3.8, 4) is 0 Å². The molecule has 0 atom stereocenters. The highest BCUT2D eigenvalue weighted by Gasteiger charge is 2.29. The largest absolute Gasteiger partial charge is 0.416 e. The van der Waals surface area contributed by atoms with Crippen LogP contribution < -0.4 is 5.56 Å². The predicted octanol–water partition coefficient (Wildman–Crippen LogP) is 4.21. The van der Waals surface area contributed by atoms with E-state index in [1.807, 2.05) is 13.8 Å². The highest BCUT2D eigenvalue weighted by Crippen LogP contribution is 2.30. The number of nitrogens with zero attached hydrogens (tertiary/aromatic N) is 2. The van der Waals surface area contributed by atoms with Crippen LogP contribution in [0.5, 0.6) is 0 Å². The van der Waals surface area contributed by atoms with Crippen molar-refractivity contribution in [2.24, 2.45) is 7.05 Å². The Kier molecular flexibility index (Phi) is 5.19. The number of rotatable bonds is 4. The van der Waals surface area contributed by atoms with E-state index in [0.29, 0.717) is 16.6 Å². The predicted molar refractivity (Wildman–Crippen MR) is 84.6 cm³/mol. The van der Waals surface area contributed by atoms with Crippen LogP contribution in [0.15, 0.2) is 40.3 Å². The Balaban J connectivity index is 2.16. The van der Waals surface area contributed by atoms with E-state index in [2.05, 4.69) is 4.98 Å². The van der Waals surface area contributed by atoms with Gasteiger partial charge < -0.3 is 0 Å². The SMILES string of the molecule is CC(C)c1cc(=O)n(C)c(SCc2ccc(C(F)(F)F)cc2)n1. The van der Waals surface area contributed by atoms with Gasteiger partial charge in [-0.25, -0.2) is 4.98 Å². The van der Waals surface area contributed by atoms with E-state index in [9.17, 15) is 18.0 Å². The summed E-state index contributed by atoms with van der Waals surface area (Å²) in [6, 6.07) is 6.52. The second kappa shape index (κ2) is 6.78. The molecule has 0 saturated heterocycles. The summed E-state index contributed by atoms with van der Waals surface area (Å²) in [6.07, 6.45) is -4.33. The fourth-order valence-electron chi connectivity index (χ4n) is 1.90. The van der Waals surface area contributed by atoms with E-state index in [0.717, 1.165) is 17.7 Å². The van der Waals surface area contributed by atoms with E-state index in [4.69, 9.17) is 0 Å². The molecular weight excluding hydrogens is 325 g/mol. The van der Waals surface area contributed by atoms with E-state index in [1.165, 1.54) is 34.5 Å². The molecule has 0 radical (unpaired) electrons. The Labute approximate surface area is 136 Å². The average molecular weight is 342 g/mol. The molecule has 0 unspecified atom stereocenters. The summed E-state index contributed by atoms with van der Waals surface area (Å²) in [4.78, 5) is 16.4. The van der Waals surface area contributed by atoms with Crippen molar-refractivity contribution < 1.29 is 13.2 Å². The monoisotopic (exact) mass is 342 g/mol. The summed E-state index contributed by atoms with van der Waals surface area (Å²) in [5, 5.41) is 0.557. The van der Waals surface area contributed by atoms with Crippen LogP contribution in [-0.4, -0.2) is 9.55 Å². The first-order valence-electron chi connectivity index (χ1n) is 7.05. The van der Waals surface area contributed by atoms with Crippen molar-refractivity contribution >= 4 is 11.8 Å². The van der Waals surface area contributed by atoms with Gasteiger partial charge in [0, 0.05) is 18.9 Å². The highest BCUT2D eigenvalue weighted by atomic mass is 32.2. The zero-order valence-corrected chi connectivity index (χ0v) is 13.8. The van der Waals surface area contributed by atoms with E-state index in [-0.39, 0.29) is 11.5 Å². The van der Waals surface area contributed by atoms with Crippen LogP contribution in [-0.2, 0) is 19.0 Å². The fraction of sp³-hybridized carbons (Fsp3) is 0.375. The van der Waals surface area contributed by atoms with Crippen LogP contribution in [0, 0.1) is 0 Å². The van der Waals surface area contributed by atoms with Crippen LogP contribution in [0.1, 0.15) is 36.6 Å². The second-order valence-electron chi connectivity index (χ2n) is 5.50. The van der Waals surface area contributed by atoms with Crippen molar-refractivity contribution in [2.45, 2.75) is 36.9 Å². The van der Waals surface area contributed by atoms with Crippen molar-refractivity contribution in [1.82, 2.24) is 9.55 Å². The molecule has 2 aromatic rings. The lowest BCUT2D eigenvalue weighted by atomic mass is 10.1. The van der Waals surface area contributed by atoms with Gasteiger partial charge in [0.05, 0.1) is 11.3 Å². The molecule has 7 heteroatoms. The molecule has 1 aromatic carbocycles. The summed E-state index contributed by atoms with van der Waals surface area (Å²) in [5.74, 6) is 0.578. The Morgan fingerprint density at radius 1 is 1.22 bits per heavy atom. The molecule has 0 bridgehead atoms. The van der Waals surface area contributed by atoms with Crippen LogP contribution in [0.2, 0.25) is 0 Å². The van der Waals surface area contributed by atoms with Gasteiger partial charge >= 0.3 is 6.18 Å². The van der Waals surface area contributed by atoms with Gasteiger partial charge in [0.1, 0.15) is 0 Å². The first-order chi connectivity index (χ1) is 10.7. The van der Waals surface area contributed by atoms with E-state index >= 15 is 0 Å². The first-order valence-corrected chi connectivity index (χ1v) is 8.04. The maximum atomic E-state index is 12.5. The number of thioether (sulfide) groups is 1. The normalized spacial score (nSPS) is 12.0. The van der Waals surface area contributed by atoms with Crippen molar-refractivity contribution in [3.63, 3.8) is 0 Å². The van der Waals surface area contributed by atoms with Gasteiger partial charge in [0.2, 0.25) is 0 Å². The van der Waals surface area contributed by atoms with Gasteiger partial charge in [-0.15, -0.1) is 0 Å². The van der Waals surface area contributed by atoms with Crippen LogP contribution in [0.3, 0.4) is 0 Å². The lowest BCUT2D eigenvalue weighted by Crippen LogP contribution is -2.20. The molecule has 0 spiro atoms. The number of benzene rings is 1. The minimum atomic E-state index is -4.33. The Bertz CT molecular complexity index is 736. The highest BCUT2D eigenvalue weighted by molar-refractivity contribution is 7.98. The minimum absolute atomic E-state index is 0.134. The number of hydrogen-bond donors (Lipinski definition) is 0. The third kappa shape index (κ3) is 4.37. The lowest BCUT2D eigenvalue weighted by Gasteiger charge is -2.11. The molecule has 23 heavy (non-hydrogen) atoms. The standard InChI is InChI=1S/C16H17F3N2OS/c1-10(2)13-8-14(22)21(3)15(20-13)23-9-11-4-6-12(7-5-11)16(17,18)19/h4-8,10H,9H2,1-3H3. The van der Waals surface area contributed by atoms with Gasteiger partial charge in [-0.05, 0) is 23.6 Å². The molecule has 0 aliphatic rings. The third-order valence-electron chi connectivity index (χ3n) is 3.35. The molecule has 2 rings (SSSR count). The molecule has 0 saturated carbocycles. The molecule has 0 aliphatic heterocycles. The molecule has 0 aliphatic carbocycles. The molecule has 0 amide bonds. The second-order valence-corrected chi connectivity index (χ2v) is 6.44. The van der Waals surface area contributed by atoms with Crippen LogP contribution in [0.4, 0.5) is 13.2 Å². The molecule has 124 valence electrons. The Morgan fingerprint density at radius 3 is 2.35 bits per heavy atom. The molecule has 0 N–H and O–H groups in total. The van der Waals surface area contributed by atoms with Gasteiger partial charge in [0.15, 0.2) is 5.16 Å². The van der Waals surface area contributed by atoms with E-state index < -0.39 is 11.7 Å². The number of alkyl halides is 3. The number of aromatic nitrogens is 2. The number of halogens is 3. The molecule has 1 aromatic heterocycles. The van der Waals surface area contributed by atoms with Crippen LogP contribution >= 0.6 is 11.8 Å². The van der Waals surface area contributed by atoms with Crippen molar-refractivity contribution in [2.75, 3.05) is 0 Å². The Morgan fingerprint density at radius 2 is 1.83 bits per heavy atom.